The number of aromatic nitrogens is 6. The molecule has 0 spiro atoms. The molecule has 0 aliphatic rings. The SMILES string of the molecule is CCC(C)Nc1nc(NC)nc(-n2cnc(SCC(N)=O)n2)n1. The predicted octanol–water partition coefficient (Wildman–Crippen LogP) is 0.282. The number of nitrogens with zero attached hydrogens (tertiary/aromatic N) is 6. The number of hydrogen-bond donors (Lipinski definition) is 3. The largest absolute Gasteiger partial charge is 0.369 e. The molecule has 0 radical (unpaired) electrons. The zero-order valence-corrected chi connectivity index (χ0v) is 14.0. The number of rotatable bonds is 8. The van der Waals surface area contributed by atoms with Crippen LogP contribution in [0.25, 0.3) is 5.95 Å². The number of thioether (sulfide) groups is 1. The summed E-state index contributed by atoms with van der Waals surface area (Å²) < 4.78 is 1.42. The van der Waals surface area contributed by atoms with Crippen molar-refractivity contribution in [2.75, 3.05) is 23.4 Å². The molecule has 2 heterocycles. The smallest absolute Gasteiger partial charge is 0.258 e. The van der Waals surface area contributed by atoms with Gasteiger partial charge in [0.25, 0.3) is 5.95 Å². The second kappa shape index (κ2) is 7.72. The Balaban J connectivity index is 2.24. The Bertz CT molecular complexity index is 674. The van der Waals surface area contributed by atoms with Crippen molar-refractivity contribution >= 4 is 29.6 Å². The van der Waals surface area contributed by atoms with Gasteiger partial charge >= 0.3 is 0 Å². The van der Waals surface area contributed by atoms with Crippen LogP contribution in [0.2, 0.25) is 0 Å². The third-order valence-corrected chi connectivity index (χ3v) is 3.73. The Kier molecular flexibility index (Phi) is 5.68. The second-order valence-electron chi connectivity index (χ2n) is 4.71. The zero-order valence-electron chi connectivity index (χ0n) is 13.1. The first-order valence-corrected chi connectivity index (χ1v) is 8.03. The summed E-state index contributed by atoms with van der Waals surface area (Å²) in [7, 11) is 1.72. The molecule has 10 nitrogen and oxygen atoms in total. The van der Waals surface area contributed by atoms with Crippen molar-refractivity contribution in [3.05, 3.63) is 6.33 Å². The molecule has 0 aliphatic carbocycles. The molecule has 0 aliphatic heterocycles. The highest BCUT2D eigenvalue weighted by molar-refractivity contribution is 7.99. The van der Waals surface area contributed by atoms with E-state index < -0.39 is 5.91 Å². The van der Waals surface area contributed by atoms with Gasteiger partial charge in [-0.15, -0.1) is 5.10 Å². The fraction of sp³-hybridized carbons (Fsp3) is 0.500. The van der Waals surface area contributed by atoms with E-state index in [1.807, 2.05) is 6.92 Å². The summed E-state index contributed by atoms with van der Waals surface area (Å²) >= 11 is 1.15. The van der Waals surface area contributed by atoms with E-state index in [2.05, 4.69) is 42.6 Å². The van der Waals surface area contributed by atoms with Crippen LogP contribution in [0.5, 0.6) is 0 Å². The molecule has 0 saturated heterocycles. The van der Waals surface area contributed by atoms with Crippen LogP contribution >= 0.6 is 11.8 Å². The van der Waals surface area contributed by atoms with E-state index in [1.54, 1.807) is 7.05 Å². The highest BCUT2D eigenvalue weighted by atomic mass is 32.2. The maximum atomic E-state index is 10.8. The van der Waals surface area contributed by atoms with Crippen LogP contribution in [0.1, 0.15) is 20.3 Å². The molecule has 0 aromatic carbocycles. The Hall–Kier alpha value is -2.43. The van der Waals surface area contributed by atoms with Gasteiger partial charge in [-0.1, -0.05) is 18.7 Å². The Labute approximate surface area is 137 Å². The third kappa shape index (κ3) is 4.77. The Morgan fingerprint density at radius 3 is 2.78 bits per heavy atom. The number of amides is 1. The minimum atomic E-state index is -0.427. The number of carbonyl (C=O) groups is 1. The van der Waals surface area contributed by atoms with E-state index in [-0.39, 0.29) is 11.8 Å². The van der Waals surface area contributed by atoms with Gasteiger partial charge in [-0.3, -0.25) is 4.79 Å². The molecular weight excluding hydrogens is 318 g/mol. The number of primary amides is 1. The van der Waals surface area contributed by atoms with Crippen molar-refractivity contribution in [2.45, 2.75) is 31.5 Å². The van der Waals surface area contributed by atoms with Crippen LogP contribution in [0.15, 0.2) is 11.5 Å². The van der Waals surface area contributed by atoms with Gasteiger partial charge in [-0.05, 0) is 13.3 Å². The lowest BCUT2D eigenvalue weighted by Gasteiger charge is -2.12. The first kappa shape index (κ1) is 16.9. The zero-order chi connectivity index (χ0) is 16.8. The van der Waals surface area contributed by atoms with Crippen LogP contribution in [0.4, 0.5) is 11.9 Å². The molecule has 0 bridgehead atoms. The van der Waals surface area contributed by atoms with Gasteiger partial charge in [0.2, 0.25) is 23.0 Å². The van der Waals surface area contributed by atoms with E-state index in [9.17, 15) is 4.79 Å². The third-order valence-electron chi connectivity index (χ3n) is 2.85. The molecule has 0 fully saturated rings. The van der Waals surface area contributed by atoms with Crippen LogP contribution in [-0.2, 0) is 4.79 Å². The van der Waals surface area contributed by atoms with Gasteiger partial charge in [-0.25, -0.2) is 4.98 Å². The average Bonchev–Trinajstić information content (AvgIpc) is 3.01. The molecule has 2 rings (SSSR count). The molecule has 124 valence electrons. The lowest BCUT2D eigenvalue weighted by molar-refractivity contribution is -0.115. The van der Waals surface area contributed by atoms with E-state index in [0.29, 0.717) is 23.0 Å². The van der Waals surface area contributed by atoms with Crippen molar-refractivity contribution in [3.8, 4) is 5.95 Å². The molecular formula is C12H19N9OS. The maximum Gasteiger partial charge on any atom is 0.258 e. The molecule has 4 N–H and O–H groups in total. The van der Waals surface area contributed by atoms with Crippen LogP contribution in [0, 0.1) is 0 Å². The Morgan fingerprint density at radius 1 is 1.39 bits per heavy atom. The standard InChI is InChI=1S/C12H19N9OS/c1-4-7(2)16-10-17-9(14-3)18-11(19-10)21-6-15-12(20-21)23-5-8(13)22/h6-7H,4-5H2,1-3H3,(H2,13,22)(H2,14,16,17,18,19). The molecule has 2 aromatic rings. The van der Waals surface area contributed by atoms with E-state index >= 15 is 0 Å². The minimum Gasteiger partial charge on any atom is -0.369 e. The highest BCUT2D eigenvalue weighted by Gasteiger charge is 2.12. The van der Waals surface area contributed by atoms with Crippen molar-refractivity contribution in [1.29, 1.82) is 0 Å². The summed E-state index contributed by atoms with van der Waals surface area (Å²) in [6.45, 7) is 4.11. The number of carbonyl (C=O) groups excluding carboxylic acids is 1. The van der Waals surface area contributed by atoms with E-state index in [1.165, 1.54) is 11.0 Å². The summed E-state index contributed by atoms with van der Waals surface area (Å²) in [4.78, 5) is 27.7. The summed E-state index contributed by atoms with van der Waals surface area (Å²) in [5.74, 6) is 0.889. The number of hydrogen-bond acceptors (Lipinski definition) is 9. The minimum absolute atomic E-state index is 0.115. The summed E-state index contributed by atoms with van der Waals surface area (Å²) in [6.07, 6.45) is 2.41. The van der Waals surface area contributed by atoms with Crippen molar-refractivity contribution < 1.29 is 4.79 Å². The van der Waals surface area contributed by atoms with E-state index in [0.717, 1.165) is 18.2 Å². The van der Waals surface area contributed by atoms with Crippen molar-refractivity contribution in [3.63, 3.8) is 0 Å². The van der Waals surface area contributed by atoms with Crippen LogP contribution in [0.3, 0.4) is 0 Å². The predicted molar refractivity (Wildman–Crippen MR) is 87.6 cm³/mol. The van der Waals surface area contributed by atoms with Gasteiger partial charge in [0.1, 0.15) is 6.33 Å². The summed E-state index contributed by atoms with van der Waals surface area (Å²) in [5.41, 5.74) is 5.10. The van der Waals surface area contributed by atoms with E-state index in [4.69, 9.17) is 5.73 Å². The molecule has 23 heavy (non-hydrogen) atoms. The molecule has 1 atom stereocenters. The van der Waals surface area contributed by atoms with Crippen molar-refractivity contribution in [1.82, 2.24) is 29.7 Å². The van der Waals surface area contributed by atoms with Gasteiger partial charge in [0.05, 0.1) is 5.75 Å². The fourth-order valence-corrected chi connectivity index (χ4v) is 2.05. The van der Waals surface area contributed by atoms with Gasteiger partial charge in [0, 0.05) is 13.1 Å². The lowest BCUT2D eigenvalue weighted by Crippen LogP contribution is -2.18. The van der Waals surface area contributed by atoms with Gasteiger partial charge < -0.3 is 16.4 Å². The number of nitrogens with one attached hydrogen (secondary N) is 2. The quantitative estimate of drug-likeness (QED) is 0.580. The molecule has 2 aromatic heterocycles. The number of anilines is 2. The lowest BCUT2D eigenvalue weighted by atomic mass is 10.3. The first-order chi connectivity index (χ1) is 11.0. The van der Waals surface area contributed by atoms with Gasteiger partial charge in [-0.2, -0.15) is 19.6 Å². The number of nitrogens with two attached hydrogens (primary N) is 1. The summed E-state index contributed by atoms with van der Waals surface area (Å²) in [5, 5.41) is 10.7. The maximum absolute atomic E-state index is 10.8. The Morgan fingerprint density at radius 2 is 2.13 bits per heavy atom. The topological polar surface area (TPSA) is 137 Å². The molecule has 11 heteroatoms. The second-order valence-corrected chi connectivity index (χ2v) is 5.66. The molecule has 0 saturated carbocycles. The highest BCUT2D eigenvalue weighted by Crippen LogP contribution is 2.14. The normalized spacial score (nSPS) is 12.0. The molecule has 1 unspecified atom stereocenters. The van der Waals surface area contributed by atoms with Crippen LogP contribution in [-0.4, -0.2) is 54.5 Å². The average molecular weight is 337 g/mol. The fourth-order valence-electron chi connectivity index (χ4n) is 1.51. The monoisotopic (exact) mass is 337 g/mol. The van der Waals surface area contributed by atoms with Crippen molar-refractivity contribution in [2.24, 2.45) is 5.73 Å². The van der Waals surface area contributed by atoms with Gasteiger partial charge in [0.15, 0.2) is 0 Å². The first-order valence-electron chi connectivity index (χ1n) is 7.05. The summed E-state index contributed by atoms with van der Waals surface area (Å²) in [6, 6.07) is 0.229. The van der Waals surface area contributed by atoms with Crippen LogP contribution < -0.4 is 16.4 Å². The molecule has 1 amide bonds.